The Hall–Kier alpha value is -0.950. The fourth-order valence-corrected chi connectivity index (χ4v) is 3.62. The van der Waals surface area contributed by atoms with E-state index in [9.17, 15) is 8.42 Å². The first-order valence-corrected chi connectivity index (χ1v) is 8.56. The van der Waals surface area contributed by atoms with E-state index in [1.807, 2.05) is 0 Å². The zero-order chi connectivity index (χ0) is 13.7. The molecule has 0 saturated heterocycles. The molecular formula is C12H13ClN2O2S2. The first kappa shape index (κ1) is 14.5. The maximum atomic E-state index is 11.9. The molecule has 0 aliphatic rings. The molecule has 0 amide bonds. The van der Waals surface area contributed by atoms with Crippen LogP contribution in [0.3, 0.4) is 0 Å². The zero-order valence-corrected chi connectivity index (χ0v) is 12.4. The lowest BCUT2D eigenvalue weighted by Gasteiger charge is -2.07. The average molecular weight is 317 g/mol. The molecule has 2 aromatic rings. The van der Waals surface area contributed by atoms with Crippen molar-refractivity contribution >= 4 is 33.0 Å². The fraction of sp³-hybridized carbons (Fsp3) is 0.250. The Morgan fingerprint density at radius 2 is 2.11 bits per heavy atom. The average Bonchev–Trinajstić information content (AvgIpc) is 2.85. The van der Waals surface area contributed by atoms with Crippen LogP contribution in [0.5, 0.6) is 0 Å². The van der Waals surface area contributed by atoms with Crippen molar-refractivity contribution in [3.8, 4) is 0 Å². The van der Waals surface area contributed by atoms with E-state index < -0.39 is 10.0 Å². The Morgan fingerprint density at radius 1 is 1.32 bits per heavy atom. The molecular weight excluding hydrogens is 304 g/mol. The number of benzene rings is 1. The topological polar surface area (TPSA) is 59.1 Å². The molecule has 1 aromatic heterocycles. The molecule has 4 nitrogen and oxygen atoms in total. The molecule has 2 rings (SSSR count). The van der Waals surface area contributed by atoms with Gasteiger partial charge in [-0.3, -0.25) is 4.98 Å². The van der Waals surface area contributed by atoms with Gasteiger partial charge in [-0.15, -0.1) is 11.3 Å². The second-order valence-corrected chi connectivity index (χ2v) is 7.15. The molecule has 0 bridgehead atoms. The van der Waals surface area contributed by atoms with Gasteiger partial charge in [0.25, 0.3) is 0 Å². The molecule has 7 heteroatoms. The van der Waals surface area contributed by atoms with Crippen LogP contribution in [0.1, 0.15) is 10.4 Å². The quantitative estimate of drug-likeness (QED) is 0.890. The van der Waals surface area contributed by atoms with Gasteiger partial charge in [-0.25, -0.2) is 13.1 Å². The van der Waals surface area contributed by atoms with Gasteiger partial charge in [-0.2, -0.15) is 0 Å². The van der Waals surface area contributed by atoms with E-state index in [2.05, 4.69) is 9.71 Å². The van der Waals surface area contributed by atoms with Gasteiger partial charge in [0, 0.05) is 22.6 Å². The smallest absolute Gasteiger partial charge is 0.215 e. The number of nitrogens with zero attached hydrogens (tertiary/aromatic N) is 1. The Morgan fingerprint density at radius 3 is 2.79 bits per heavy atom. The molecule has 0 fully saturated rings. The van der Waals surface area contributed by atoms with E-state index in [1.54, 1.807) is 36.0 Å². The van der Waals surface area contributed by atoms with Crippen LogP contribution in [0, 0.1) is 0 Å². The molecule has 0 aliphatic heterocycles. The molecule has 102 valence electrons. The largest absolute Gasteiger partial charge is 0.253 e. The van der Waals surface area contributed by atoms with Crippen LogP contribution >= 0.6 is 22.9 Å². The number of aromatic nitrogens is 1. The summed E-state index contributed by atoms with van der Waals surface area (Å²) >= 11 is 7.46. The van der Waals surface area contributed by atoms with Gasteiger partial charge in [0.1, 0.15) is 0 Å². The van der Waals surface area contributed by atoms with Gasteiger partial charge in [-0.05, 0) is 18.1 Å². The highest BCUT2D eigenvalue weighted by Gasteiger charge is 2.13. The minimum atomic E-state index is -3.36. The predicted molar refractivity (Wildman–Crippen MR) is 77.9 cm³/mol. The summed E-state index contributed by atoms with van der Waals surface area (Å²) in [5.74, 6) is -0.102. The van der Waals surface area contributed by atoms with Crippen molar-refractivity contribution in [1.82, 2.24) is 9.71 Å². The van der Waals surface area contributed by atoms with Crippen LogP contribution in [0.15, 0.2) is 36.0 Å². The van der Waals surface area contributed by atoms with Crippen LogP contribution < -0.4 is 4.72 Å². The zero-order valence-electron chi connectivity index (χ0n) is 10.0. The first-order chi connectivity index (χ1) is 9.07. The first-order valence-electron chi connectivity index (χ1n) is 5.65. The number of sulfonamides is 1. The summed E-state index contributed by atoms with van der Waals surface area (Å²) in [6, 6.07) is 6.94. The third-order valence-electron chi connectivity index (χ3n) is 2.48. The van der Waals surface area contributed by atoms with Crippen molar-refractivity contribution in [2.24, 2.45) is 0 Å². The number of thiazole rings is 1. The van der Waals surface area contributed by atoms with Gasteiger partial charge in [0.05, 0.1) is 11.3 Å². The van der Waals surface area contributed by atoms with Crippen molar-refractivity contribution in [3.05, 3.63) is 51.4 Å². The highest BCUT2D eigenvalue weighted by atomic mass is 35.5. The van der Waals surface area contributed by atoms with Crippen LogP contribution in [-0.4, -0.2) is 19.9 Å². The fourth-order valence-electron chi connectivity index (χ4n) is 1.57. The van der Waals surface area contributed by atoms with E-state index in [-0.39, 0.29) is 5.75 Å². The summed E-state index contributed by atoms with van der Waals surface area (Å²) in [5, 5.41) is 0.468. The molecule has 0 radical (unpaired) electrons. The Kier molecular flexibility index (Phi) is 4.93. The molecule has 1 N–H and O–H groups in total. The van der Waals surface area contributed by atoms with E-state index in [0.717, 1.165) is 4.88 Å². The van der Waals surface area contributed by atoms with E-state index in [4.69, 9.17) is 11.6 Å². The number of halogens is 1. The Labute approximate surface area is 121 Å². The molecule has 0 saturated carbocycles. The number of hydrogen-bond donors (Lipinski definition) is 1. The van der Waals surface area contributed by atoms with Gasteiger partial charge < -0.3 is 0 Å². The van der Waals surface area contributed by atoms with Crippen molar-refractivity contribution < 1.29 is 8.42 Å². The summed E-state index contributed by atoms with van der Waals surface area (Å²) in [4.78, 5) is 5.00. The van der Waals surface area contributed by atoms with Crippen LogP contribution in [0.2, 0.25) is 5.02 Å². The summed E-state index contributed by atoms with van der Waals surface area (Å²) in [6.45, 7) is 0.370. The van der Waals surface area contributed by atoms with Crippen molar-refractivity contribution in [1.29, 1.82) is 0 Å². The third-order valence-corrected chi connectivity index (χ3v) is 5.02. The molecule has 19 heavy (non-hydrogen) atoms. The summed E-state index contributed by atoms with van der Waals surface area (Å²) < 4.78 is 26.4. The SMILES string of the molecule is O=S(=O)(Cc1ccccc1Cl)NCCc1cncs1. The van der Waals surface area contributed by atoms with E-state index in [0.29, 0.717) is 23.6 Å². The standard InChI is InChI=1S/C12H13ClN2O2S2/c13-12-4-2-1-3-10(12)8-19(16,17)15-6-5-11-7-14-9-18-11/h1-4,7,9,15H,5-6,8H2. The Balaban J connectivity index is 1.90. The number of hydrogen-bond acceptors (Lipinski definition) is 4. The lowest BCUT2D eigenvalue weighted by Crippen LogP contribution is -2.27. The highest BCUT2D eigenvalue weighted by Crippen LogP contribution is 2.17. The summed E-state index contributed by atoms with van der Waals surface area (Å²) in [7, 11) is -3.36. The molecule has 0 atom stereocenters. The summed E-state index contributed by atoms with van der Waals surface area (Å²) in [5.41, 5.74) is 2.34. The molecule has 0 spiro atoms. The molecule has 1 aromatic carbocycles. The van der Waals surface area contributed by atoms with Crippen molar-refractivity contribution in [2.75, 3.05) is 6.54 Å². The predicted octanol–water partition coefficient (Wildman–Crippen LogP) is 2.46. The van der Waals surface area contributed by atoms with Crippen molar-refractivity contribution in [2.45, 2.75) is 12.2 Å². The van der Waals surface area contributed by atoms with Gasteiger partial charge in [-0.1, -0.05) is 29.8 Å². The van der Waals surface area contributed by atoms with Gasteiger partial charge in [0.15, 0.2) is 0 Å². The maximum absolute atomic E-state index is 11.9. The van der Waals surface area contributed by atoms with Crippen LogP contribution in [-0.2, 0) is 22.2 Å². The van der Waals surface area contributed by atoms with Gasteiger partial charge >= 0.3 is 0 Å². The van der Waals surface area contributed by atoms with Gasteiger partial charge in [0.2, 0.25) is 10.0 Å². The minimum absolute atomic E-state index is 0.102. The second-order valence-electron chi connectivity index (χ2n) is 3.96. The number of rotatable bonds is 6. The van der Waals surface area contributed by atoms with Crippen LogP contribution in [0.4, 0.5) is 0 Å². The summed E-state index contributed by atoms with van der Waals surface area (Å²) in [6.07, 6.45) is 2.39. The lowest BCUT2D eigenvalue weighted by molar-refractivity contribution is 0.581. The normalized spacial score (nSPS) is 11.6. The highest BCUT2D eigenvalue weighted by molar-refractivity contribution is 7.88. The monoisotopic (exact) mass is 316 g/mol. The molecule has 0 unspecified atom stereocenters. The molecule has 0 aliphatic carbocycles. The van der Waals surface area contributed by atoms with E-state index >= 15 is 0 Å². The minimum Gasteiger partial charge on any atom is -0.253 e. The third kappa shape index (κ3) is 4.58. The van der Waals surface area contributed by atoms with Crippen LogP contribution in [0.25, 0.3) is 0 Å². The second kappa shape index (κ2) is 6.47. The van der Waals surface area contributed by atoms with Crippen molar-refractivity contribution in [3.63, 3.8) is 0 Å². The number of nitrogens with one attached hydrogen (secondary N) is 1. The maximum Gasteiger partial charge on any atom is 0.215 e. The Bertz CT molecular complexity index is 627. The lowest BCUT2D eigenvalue weighted by atomic mass is 10.2. The molecule has 1 heterocycles. The van der Waals surface area contributed by atoms with E-state index in [1.165, 1.54) is 11.3 Å².